The highest BCUT2D eigenvalue weighted by atomic mass is 35.5. The van der Waals surface area contributed by atoms with Crippen molar-refractivity contribution < 1.29 is 19.1 Å². The van der Waals surface area contributed by atoms with Crippen molar-refractivity contribution in [2.24, 2.45) is 5.92 Å². The normalized spacial score (nSPS) is 19.5. The molecule has 2 aliphatic carbocycles. The Morgan fingerprint density at radius 1 is 1.05 bits per heavy atom. The van der Waals surface area contributed by atoms with Gasteiger partial charge < -0.3 is 9.47 Å². The number of carbonyl (C=O) groups excluding carboxylic acids is 2. The molecule has 10 heteroatoms. The average Bonchev–Trinajstić information content (AvgIpc) is 3.54. The van der Waals surface area contributed by atoms with Gasteiger partial charge in [-0.1, -0.05) is 17.7 Å². The lowest BCUT2D eigenvalue weighted by Gasteiger charge is -2.38. The maximum absolute atomic E-state index is 12.9. The van der Waals surface area contributed by atoms with Crippen molar-refractivity contribution in [1.29, 1.82) is 0 Å². The molecule has 5 rings (SSSR count). The summed E-state index contributed by atoms with van der Waals surface area (Å²) in [6.45, 7) is 10.9. The molecule has 0 aliphatic heterocycles. The number of benzene rings is 1. The molecule has 2 amide bonds. The number of halogens is 1. The number of rotatable bonds is 5. The van der Waals surface area contributed by atoms with Gasteiger partial charge >= 0.3 is 12.2 Å². The van der Waals surface area contributed by atoms with Crippen molar-refractivity contribution in [2.45, 2.75) is 90.4 Å². The molecule has 2 heterocycles. The summed E-state index contributed by atoms with van der Waals surface area (Å²) in [6.07, 6.45) is 6.26. The van der Waals surface area contributed by atoms with E-state index in [4.69, 9.17) is 31.2 Å². The minimum absolute atomic E-state index is 0.120. The molecule has 0 radical (unpaired) electrons. The van der Waals surface area contributed by atoms with Gasteiger partial charge in [0.15, 0.2) is 0 Å². The summed E-state index contributed by atoms with van der Waals surface area (Å²) < 4.78 is 13.0. The van der Waals surface area contributed by atoms with Crippen LogP contribution in [-0.2, 0) is 9.47 Å². The maximum Gasteiger partial charge on any atom is 0.419 e. The molecule has 2 aliphatic rings. The van der Waals surface area contributed by atoms with E-state index in [2.05, 4.69) is 11.2 Å². The van der Waals surface area contributed by atoms with Crippen LogP contribution in [0.1, 0.15) is 84.9 Å². The monoisotopic (exact) mass is 553 g/mol. The summed E-state index contributed by atoms with van der Waals surface area (Å²) in [5.74, 6) is 0.554. The fourth-order valence-corrected chi connectivity index (χ4v) is 4.98. The minimum Gasteiger partial charge on any atom is -0.443 e. The van der Waals surface area contributed by atoms with Crippen molar-refractivity contribution in [2.75, 3.05) is 6.54 Å². The van der Waals surface area contributed by atoms with Crippen LogP contribution in [0.15, 0.2) is 30.6 Å². The second-order valence-electron chi connectivity index (χ2n) is 12.6. The first-order valence-corrected chi connectivity index (χ1v) is 13.9. The number of hydrogen-bond donors (Lipinski definition) is 0. The number of carbonyl (C=O) groups is 2. The Hall–Kier alpha value is -3.20. The first-order valence-electron chi connectivity index (χ1n) is 13.5. The Labute approximate surface area is 233 Å². The van der Waals surface area contributed by atoms with Crippen LogP contribution in [0.2, 0.25) is 5.02 Å². The lowest BCUT2D eigenvalue weighted by Crippen LogP contribution is -2.47. The molecule has 0 spiro atoms. The van der Waals surface area contributed by atoms with E-state index in [0.717, 1.165) is 53.1 Å². The van der Waals surface area contributed by atoms with Gasteiger partial charge in [-0.05, 0) is 85.3 Å². The number of fused-ring (bicyclic) bond motifs is 1. The van der Waals surface area contributed by atoms with Crippen LogP contribution in [0.25, 0.3) is 22.3 Å². The number of amides is 2. The lowest BCUT2D eigenvalue weighted by atomic mass is 9.80. The lowest BCUT2D eigenvalue weighted by molar-refractivity contribution is -0.00641. The van der Waals surface area contributed by atoms with E-state index >= 15 is 0 Å². The van der Waals surface area contributed by atoms with E-state index in [1.807, 2.05) is 22.9 Å². The van der Waals surface area contributed by atoms with Gasteiger partial charge in [0.05, 0.1) is 34.2 Å². The molecule has 39 heavy (non-hydrogen) atoms. The van der Waals surface area contributed by atoms with E-state index in [0.29, 0.717) is 16.5 Å². The van der Waals surface area contributed by atoms with Gasteiger partial charge in [0.1, 0.15) is 16.7 Å². The molecule has 2 fully saturated rings. The van der Waals surface area contributed by atoms with Gasteiger partial charge in [-0.15, -0.1) is 0 Å². The topological polar surface area (TPSA) is 99.4 Å². The smallest absolute Gasteiger partial charge is 0.419 e. The molecule has 0 saturated heterocycles. The summed E-state index contributed by atoms with van der Waals surface area (Å²) in [5.41, 5.74) is 2.84. The number of imide groups is 1. The van der Waals surface area contributed by atoms with Gasteiger partial charge in [0.25, 0.3) is 0 Å². The molecular weight excluding hydrogens is 518 g/mol. The maximum atomic E-state index is 12.9. The van der Waals surface area contributed by atoms with Crippen LogP contribution in [0.5, 0.6) is 0 Å². The van der Waals surface area contributed by atoms with Crippen LogP contribution in [0.3, 0.4) is 0 Å². The molecule has 0 bridgehead atoms. The highest BCUT2D eigenvalue weighted by Gasteiger charge is 2.39. The first-order chi connectivity index (χ1) is 18.3. The predicted octanol–water partition coefficient (Wildman–Crippen LogP) is 7.15. The number of nitrogens with zero attached hydrogens (tertiary/aromatic N) is 5. The third-order valence-electron chi connectivity index (χ3n) is 6.78. The van der Waals surface area contributed by atoms with Crippen molar-refractivity contribution in [1.82, 2.24) is 24.6 Å². The zero-order valence-electron chi connectivity index (χ0n) is 23.4. The molecule has 0 N–H and O–H groups in total. The number of para-hydroxylation sites is 1. The summed E-state index contributed by atoms with van der Waals surface area (Å²) in [5, 5.41) is 5.56. The van der Waals surface area contributed by atoms with E-state index in [9.17, 15) is 9.59 Å². The molecule has 2 aromatic heterocycles. The molecule has 0 unspecified atom stereocenters. The molecule has 0 atom stereocenters. The van der Waals surface area contributed by atoms with Gasteiger partial charge in [-0.2, -0.15) is 5.10 Å². The fraction of sp³-hybridized carbons (Fsp3) is 0.552. The summed E-state index contributed by atoms with van der Waals surface area (Å²) in [4.78, 5) is 36.3. The Morgan fingerprint density at radius 3 is 2.28 bits per heavy atom. The van der Waals surface area contributed by atoms with E-state index in [1.165, 1.54) is 0 Å². The molecule has 3 aromatic rings. The predicted molar refractivity (Wildman–Crippen MR) is 149 cm³/mol. The standard InChI is InChI=1S/C29H36ClN5O4/c1-28(2,3)38-26(36)34(27(37)39-29(4,5)6)15-17-12-19(13-17)35-16-20(24(33-35)18-10-11-18)23-14-31-25-21(30)8-7-9-22(25)32-23/h7-9,14,16-19H,10-13,15H2,1-6H3/t17-,19-. The van der Waals surface area contributed by atoms with Crippen LogP contribution in [0, 0.1) is 5.92 Å². The average molecular weight is 554 g/mol. The van der Waals surface area contributed by atoms with Crippen molar-refractivity contribution >= 4 is 34.8 Å². The molecular formula is C29H36ClN5O4. The van der Waals surface area contributed by atoms with Crippen LogP contribution in [-0.4, -0.2) is 54.6 Å². The Balaban J connectivity index is 1.31. The summed E-state index contributed by atoms with van der Waals surface area (Å²) in [7, 11) is 0. The Bertz CT molecular complexity index is 1370. The zero-order valence-corrected chi connectivity index (χ0v) is 24.2. The number of hydrogen-bond acceptors (Lipinski definition) is 7. The van der Waals surface area contributed by atoms with E-state index in [1.54, 1.807) is 47.7 Å². The van der Waals surface area contributed by atoms with Gasteiger partial charge in [-0.3, -0.25) is 9.67 Å². The van der Waals surface area contributed by atoms with E-state index in [-0.39, 0.29) is 18.5 Å². The van der Waals surface area contributed by atoms with Gasteiger partial charge in [0, 0.05) is 24.2 Å². The minimum atomic E-state index is -0.721. The van der Waals surface area contributed by atoms with Crippen LogP contribution in [0.4, 0.5) is 9.59 Å². The third kappa shape index (κ3) is 6.35. The third-order valence-corrected chi connectivity index (χ3v) is 7.08. The highest BCUT2D eigenvalue weighted by Crippen LogP contribution is 2.46. The Morgan fingerprint density at radius 2 is 1.69 bits per heavy atom. The number of ether oxygens (including phenoxy) is 2. The van der Waals surface area contributed by atoms with Crippen LogP contribution >= 0.6 is 11.6 Å². The molecule has 2 saturated carbocycles. The second kappa shape index (κ2) is 10.1. The molecule has 208 valence electrons. The van der Waals surface area contributed by atoms with Crippen molar-refractivity contribution in [3.8, 4) is 11.3 Å². The van der Waals surface area contributed by atoms with Crippen LogP contribution < -0.4 is 0 Å². The molecule has 9 nitrogen and oxygen atoms in total. The molecule has 1 aromatic carbocycles. The van der Waals surface area contributed by atoms with Gasteiger partial charge in [-0.25, -0.2) is 19.5 Å². The van der Waals surface area contributed by atoms with E-state index < -0.39 is 23.4 Å². The number of aromatic nitrogens is 4. The quantitative estimate of drug-likeness (QED) is 0.331. The summed E-state index contributed by atoms with van der Waals surface area (Å²) in [6, 6.07) is 5.77. The van der Waals surface area contributed by atoms with Crippen molar-refractivity contribution in [3.05, 3.63) is 41.3 Å². The fourth-order valence-electron chi connectivity index (χ4n) is 4.77. The zero-order chi connectivity index (χ0) is 28.1. The second-order valence-corrected chi connectivity index (χ2v) is 13.0. The van der Waals surface area contributed by atoms with Gasteiger partial charge in [0.2, 0.25) is 0 Å². The summed E-state index contributed by atoms with van der Waals surface area (Å²) >= 11 is 6.29. The largest absolute Gasteiger partial charge is 0.443 e. The Kier molecular flexibility index (Phi) is 7.07. The highest BCUT2D eigenvalue weighted by molar-refractivity contribution is 6.34. The SMILES string of the molecule is CC(C)(C)OC(=O)N(C[C@H]1C[C@H](n2cc(-c3cnc4c(Cl)cccc4n3)c(C3CC3)n2)C1)C(=O)OC(C)(C)C. The van der Waals surface area contributed by atoms with Crippen molar-refractivity contribution in [3.63, 3.8) is 0 Å². The first kappa shape index (κ1) is 27.4.